The van der Waals surface area contributed by atoms with Crippen LogP contribution in [0.25, 0.3) is 0 Å². The maximum atomic E-state index is 12.1. The van der Waals surface area contributed by atoms with Gasteiger partial charge in [-0.15, -0.1) is 0 Å². The van der Waals surface area contributed by atoms with Gasteiger partial charge in [0.1, 0.15) is 5.75 Å². The summed E-state index contributed by atoms with van der Waals surface area (Å²) in [6, 6.07) is 7.71. The molecule has 1 unspecified atom stereocenters. The van der Waals surface area contributed by atoms with E-state index >= 15 is 0 Å². The van der Waals surface area contributed by atoms with E-state index in [9.17, 15) is 4.79 Å². The highest BCUT2D eigenvalue weighted by atomic mass is 16.5. The number of hydrogen-bond donors (Lipinski definition) is 2. The van der Waals surface area contributed by atoms with E-state index in [2.05, 4.69) is 5.32 Å². The minimum absolute atomic E-state index is 0.0392. The fourth-order valence-electron chi connectivity index (χ4n) is 1.70. The standard InChI is InChI=1S/C16H26N2O2/c1-11(2)20-14-8-6-7-13(9-14)12(3)18-15(19)16(4,5)10-17/h6-9,11-12H,10,17H2,1-5H3,(H,18,19). The molecule has 0 spiro atoms. The molecule has 112 valence electrons. The average molecular weight is 278 g/mol. The van der Waals surface area contributed by atoms with Crippen LogP contribution in [0, 0.1) is 5.41 Å². The normalized spacial score (nSPS) is 13.2. The topological polar surface area (TPSA) is 64.3 Å². The summed E-state index contributed by atoms with van der Waals surface area (Å²) < 4.78 is 5.67. The van der Waals surface area contributed by atoms with Crippen molar-refractivity contribution in [1.29, 1.82) is 0 Å². The maximum Gasteiger partial charge on any atom is 0.227 e. The predicted molar refractivity (Wildman–Crippen MR) is 81.6 cm³/mol. The minimum atomic E-state index is -0.555. The molecule has 0 aliphatic rings. The lowest BCUT2D eigenvalue weighted by molar-refractivity contribution is -0.129. The van der Waals surface area contributed by atoms with E-state index in [1.54, 1.807) is 0 Å². The molecule has 0 aliphatic carbocycles. The molecule has 3 N–H and O–H groups in total. The zero-order chi connectivity index (χ0) is 15.3. The van der Waals surface area contributed by atoms with Crippen LogP contribution in [0.2, 0.25) is 0 Å². The third-order valence-corrected chi connectivity index (χ3v) is 3.20. The van der Waals surface area contributed by atoms with Crippen LogP contribution in [0.5, 0.6) is 5.75 Å². The van der Waals surface area contributed by atoms with E-state index in [0.29, 0.717) is 6.54 Å². The molecule has 0 saturated heterocycles. The molecule has 4 heteroatoms. The van der Waals surface area contributed by atoms with E-state index in [1.807, 2.05) is 58.9 Å². The first-order valence-corrected chi connectivity index (χ1v) is 7.04. The molecule has 4 nitrogen and oxygen atoms in total. The number of ether oxygens (including phenoxy) is 1. The van der Waals surface area contributed by atoms with Crippen molar-refractivity contribution < 1.29 is 9.53 Å². The van der Waals surface area contributed by atoms with Crippen molar-refractivity contribution in [3.8, 4) is 5.75 Å². The SMILES string of the molecule is CC(C)Oc1cccc(C(C)NC(=O)C(C)(C)CN)c1. The van der Waals surface area contributed by atoms with E-state index in [-0.39, 0.29) is 18.1 Å². The van der Waals surface area contributed by atoms with Crippen LogP contribution in [-0.4, -0.2) is 18.6 Å². The third kappa shape index (κ3) is 4.53. The number of hydrogen-bond acceptors (Lipinski definition) is 3. The molecule has 0 aliphatic heterocycles. The molecular weight excluding hydrogens is 252 g/mol. The Morgan fingerprint density at radius 1 is 1.35 bits per heavy atom. The van der Waals surface area contributed by atoms with Gasteiger partial charge in [-0.1, -0.05) is 12.1 Å². The van der Waals surface area contributed by atoms with Crippen molar-refractivity contribution in [3.05, 3.63) is 29.8 Å². The van der Waals surface area contributed by atoms with Crippen molar-refractivity contribution in [3.63, 3.8) is 0 Å². The second-order valence-electron chi connectivity index (χ2n) is 6.02. The predicted octanol–water partition coefficient (Wildman–Crippen LogP) is 2.64. The maximum absolute atomic E-state index is 12.1. The van der Waals surface area contributed by atoms with E-state index in [1.165, 1.54) is 0 Å². The highest BCUT2D eigenvalue weighted by Crippen LogP contribution is 2.22. The molecule has 0 heterocycles. The van der Waals surface area contributed by atoms with Crippen molar-refractivity contribution in [2.45, 2.75) is 46.8 Å². The molecule has 0 aromatic heterocycles. The summed E-state index contributed by atoms with van der Waals surface area (Å²) in [7, 11) is 0. The Labute approximate surface area is 121 Å². The van der Waals surface area contributed by atoms with Crippen LogP contribution >= 0.6 is 0 Å². The van der Waals surface area contributed by atoms with Gasteiger partial charge in [0.25, 0.3) is 0 Å². The molecule has 1 rings (SSSR count). The fourth-order valence-corrected chi connectivity index (χ4v) is 1.70. The second kappa shape index (κ2) is 6.75. The van der Waals surface area contributed by atoms with Crippen LogP contribution < -0.4 is 15.8 Å². The van der Waals surface area contributed by atoms with E-state index in [4.69, 9.17) is 10.5 Å². The first-order valence-electron chi connectivity index (χ1n) is 7.04. The molecular formula is C16H26N2O2. The lowest BCUT2D eigenvalue weighted by atomic mass is 9.92. The Morgan fingerprint density at radius 2 is 2.00 bits per heavy atom. The molecule has 20 heavy (non-hydrogen) atoms. The van der Waals surface area contributed by atoms with Crippen molar-refractivity contribution in [2.75, 3.05) is 6.54 Å². The Hall–Kier alpha value is -1.55. The molecule has 1 aromatic rings. The second-order valence-corrected chi connectivity index (χ2v) is 6.02. The van der Waals surface area contributed by atoms with Gasteiger partial charge >= 0.3 is 0 Å². The number of carbonyl (C=O) groups excluding carboxylic acids is 1. The Balaban J connectivity index is 2.77. The fraction of sp³-hybridized carbons (Fsp3) is 0.562. The lowest BCUT2D eigenvalue weighted by Gasteiger charge is -2.24. The van der Waals surface area contributed by atoms with Crippen LogP contribution in [0.4, 0.5) is 0 Å². The monoisotopic (exact) mass is 278 g/mol. The Morgan fingerprint density at radius 3 is 2.55 bits per heavy atom. The molecule has 1 atom stereocenters. The van der Waals surface area contributed by atoms with Crippen molar-refractivity contribution >= 4 is 5.91 Å². The summed E-state index contributed by atoms with van der Waals surface area (Å²) >= 11 is 0. The van der Waals surface area contributed by atoms with Crippen LogP contribution in [0.1, 0.15) is 46.2 Å². The molecule has 1 amide bonds. The molecule has 0 radical (unpaired) electrons. The highest BCUT2D eigenvalue weighted by molar-refractivity contribution is 5.82. The first kappa shape index (κ1) is 16.5. The van der Waals surface area contributed by atoms with Gasteiger partial charge in [-0.3, -0.25) is 4.79 Å². The summed E-state index contributed by atoms with van der Waals surface area (Å²) in [6.07, 6.45) is 0.131. The Kier molecular flexibility index (Phi) is 5.57. The number of amides is 1. The number of nitrogens with two attached hydrogens (primary N) is 1. The summed E-state index contributed by atoms with van der Waals surface area (Å²) in [4.78, 5) is 12.1. The summed E-state index contributed by atoms with van der Waals surface area (Å²) in [5.41, 5.74) is 6.08. The molecule has 0 bridgehead atoms. The largest absolute Gasteiger partial charge is 0.491 e. The summed E-state index contributed by atoms with van der Waals surface area (Å²) in [5.74, 6) is 0.777. The van der Waals surface area contributed by atoms with Crippen LogP contribution in [0.15, 0.2) is 24.3 Å². The molecule has 0 saturated carbocycles. The van der Waals surface area contributed by atoms with Gasteiger partial charge in [0, 0.05) is 6.54 Å². The molecule has 0 fully saturated rings. The van der Waals surface area contributed by atoms with Gasteiger partial charge in [-0.2, -0.15) is 0 Å². The molecule has 1 aromatic carbocycles. The van der Waals surface area contributed by atoms with Crippen molar-refractivity contribution in [2.24, 2.45) is 11.1 Å². The van der Waals surface area contributed by atoms with Gasteiger partial charge < -0.3 is 15.8 Å². The highest BCUT2D eigenvalue weighted by Gasteiger charge is 2.27. The average Bonchev–Trinajstić information content (AvgIpc) is 2.38. The Bertz CT molecular complexity index is 456. The van der Waals surface area contributed by atoms with Gasteiger partial charge in [-0.05, 0) is 52.3 Å². The smallest absolute Gasteiger partial charge is 0.227 e. The van der Waals surface area contributed by atoms with E-state index in [0.717, 1.165) is 11.3 Å². The van der Waals surface area contributed by atoms with E-state index < -0.39 is 5.41 Å². The van der Waals surface area contributed by atoms with Crippen molar-refractivity contribution in [1.82, 2.24) is 5.32 Å². The third-order valence-electron chi connectivity index (χ3n) is 3.20. The number of benzene rings is 1. The van der Waals surface area contributed by atoms with Gasteiger partial charge in [-0.25, -0.2) is 0 Å². The summed E-state index contributed by atoms with van der Waals surface area (Å²) in [6.45, 7) is 9.94. The number of rotatable bonds is 6. The first-order chi connectivity index (χ1) is 9.26. The van der Waals surface area contributed by atoms with Crippen LogP contribution in [0.3, 0.4) is 0 Å². The summed E-state index contributed by atoms with van der Waals surface area (Å²) in [5, 5.41) is 2.99. The number of nitrogens with one attached hydrogen (secondary N) is 1. The minimum Gasteiger partial charge on any atom is -0.491 e. The van der Waals surface area contributed by atoms with Gasteiger partial charge in [0.15, 0.2) is 0 Å². The number of carbonyl (C=O) groups is 1. The lowest BCUT2D eigenvalue weighted by Crippen LogP contribution is -2.42. The van der Waals surface area contributed by atoms with Gasteiger partial charge in [0.2, 0.25) is 5.91 Å². The zero-order valence-corrected chi connectivity index (χ0v) is 13.1. The quantitative estimate of drug-likeness (QED) is 0.840. The van der Waals surface area contributed by atoms with Gasteiger partial charge in [0.05, 0.1) is 17.6 Å². The zero-order valence-electron chi connectivity index (χ0n) is 13.1. The van der Waals surface area contributed by atoms with Crippen LogP contribution in [-0.2, 0) is 4.79 Å².